The minimum absolute atomic E-state index is 0.0476. The number of hydrogen-bond donors (Lipinski definition) is 1. The topological polar surface area (TPSA) is 38.7 Å². The van der Waals surface area contributed by atoms with E-state index in [2.05, 4.69) is 6.07 Å². The molecule has 1 N–H and O–H groups in total. The summed E-state index contributed by atoms with van der Waals surface area (Å²) in [6.07, 6.45) is 0. The zero-order valence-electron chi connectivity index (χ0n) is 11.2. The molecule has 0 saturated carbocycles. The number of aliphatic hydroxyl groups excluding tert-OH is 1. The molecule has 2 aromatic rings. The highest BCUT2D eigenvalue weighted by Gasteiger charge is 2.04. The van der Waals surface area contributed by atoms with Crippen LogP contribution >= 0.6 is 0 Å². The summed E-state index contributed by atoms with van der Waals surface area (Å²) in [6.45, 7) is 2.55. The van der Waals surface area contributed by atoms with Gasteiger partial charge in [-0.2, -0.15) is 0 Å². The van der Waals surface area contributed by atoms with Gasteiger partial charge in [-0.3, -0.25) is 0 Å². The highest BCUT2D eigenvalue weighted by Crippen LogP contribution is 2.22. The predicted molar refractivity (Wildman–Crippen MR) is 74.4 cm³/mol. The van der Waals surface area contributed by atoms with Crippen LogP contribution in [0.15, 0.2) is 42.5 Å². The molecule has 0 aliphatic carbocycles. The largest absolute Gasteiger partial charge is 0.496 e. The molecular weight excluding hydrogens is 240 g/mol. The second kappa shape index (κ2) is 6.25. The Morgan fingerprint density at radius 1 is 1.05 bits per heavy atom. The molecule has 2 rings (SSSR count). The maximum Gasteiger partial charge on any atom is 0.125 e. The molecule has 0 saturated heterocycles. The molecule has 0 bridgehead atoms. The smallest absolute Gasteiger partial charge is 0.125 e. The van der Waals surface area contributed by atoms with Gasteiger partial charge in [0.05, 0.1) is 13.7 Å². The van der Waals surface area contributed by atoms with Gasteiger partial charge >= 0.3 is 0 Å². The second-order valence-corrected chi connectivity index (χ2v) is 4.41. The van der Waals surface area contributed by atoms with Crippen molar-refractivity contribution in [1.82, 2.24) is 0 Å². The molecule has 3 nitrogen and oxygen atoms in total. The maximum atomic E-state index is 8.98. The molecule has 100 valence electrons. The number of rotatable bonds is 5. The third-order valence-corrected chi connectivity index (χ3v) is 2.94. The van der Waals surface area contributed by atoms with E-state index in [4.69, 9.17) is 14.6 Å². The Kier molecular flexibility index (Phi) is 4.42. The quantitative estimate of drug-likeness (QED) is 0.895. The fraction of sp³-hybridized carbons (Fsp3) is 0.250. The molecule has 0 atom stereocenters. The number of aliphatic hydroxyl groups is 1. The van der Waals surface area contributed by atoms with Crippen LogP contribution in [0.5, 0.6) is 11.5 Å². The normalized spacial score (nSPS) is 10.3. The molecule has 0 aromatic heterocycles. The lowest BCUT2D eigenvalue weighted by Gasteiger charge is -2.11. The van der Waals surface area contributed by atoms with Crippen molar-refractivity contribution >= 4 is 0 Å². The lowest BCUT2D eigenvalue weighted by atomic mass is 10.1. The molecule has 0 aliphatic heterocycles. The van der Waals surface area contributed by atoms with Crippen LogP contribution in [0, 0.1) is 6.92 Å². The highest BCUT2D eigenvalue weighted by atomic mass is 16.5. The van der Waals surface area contributed by atoms with Crippen molar-refractivity contribution in [2.45, 2.75) is 20.1 Å². The third kappa shape index (κ3) is 3.48. The maximum absolute atomic E-state index is 8.98. The lowest BCUT2D eigenvalue weighted by Crippen LogP contribution is -1.99. The van der Waals surface area contributed by atoms with Crippen molar-refractivity contribution in [3.05, 3.63) is 59.2 Å². The molecular formula is C16H18O3. The summed E-state index contributed by atoms with van der Waals surface area (Å²) in [6, 6.07) is 13.4. The molecule has 0 amide bonds. The molecule has 0 fully saturated rings. The van der Waals surface area contributed by atoms with Crippen molar-refractivity contribution in [1.29, 1.82) is 0 Å². The summed E-state index contributed by atoms with van der Waals surface area (Å²) < 4.78 is 11.0. The summed E-state index contributed by atoms with van der Waals surface area (Å²) >= 11 is 0. The summed E-state index contributed by atoms with van der Waals surface area (Å²) in [7, 11) is 1.66. The molecule has 0 heterocycles. The van der Waals surface area contributed by atoms with Crippen LogP contribution in [0.2, 0.25) is 0 Å². The van der Waals surface area contributed by atoms with Crippen LogP contribution in [0.3, 0.4) is 0 Å². The van der Waals surface area contributed by atoms with Gasteiger partial charge in [-0.1, -0.05) is 23.8 Å². The Bertz CT molecular complexity index is 532. The minimum atomic E-state index is 0.0476. The van der Waals surface area contributed by atoms with E-state index >= 15 is 0 Å². The van der Waals surface area contributed by atoms with Gasteiger partial charge in [0, 0.05) is 5.56 Å². The number of hydrogen-bond acceptors (Lipinski definition) is 3. The average molecular weight is 258 g/mol. The van der Waals surface area contributed by atoms with Gasteiger partial charge in [0.25, 0.3) is 0 Å². The zero-order valence-corrected chi connectivity index (χ0v) is 11.2. The van der Waals surface area contributed by atoms with Gasteiger partial charge in [0.2, 0.25) is 0 Å². The van der Waals surface area contributed by atoms with E-state index in [0.29, 0.717) is 6.61 Å². The van der Waals surface area contributed by atoms with Crippen LogP contribution in [0.4, 0.5) is 0 Å². The molecule has 19 heavy (non-hydrogen) atoms. The zero-order chi connectivity index (χ0) is 13.7. The molecule has 0 unspecified atom stereocenters. The van der Waals surface area contributed by atoms with Crippen LogP contribution in [-0.4, -0.2) is 12.2 Å². The van der Waals surface area contributed by atoms with Crippen LogP contribution < -0.4 is 9.47 Å². The van der Waals surface area contributed by atoms with E-state index in [-0.39, 0.29) is 6.61 Å². The first-order chi connectivity index (χ1) is 9.22. The van der Waals surface area contributed by atoms with Crippen molar-refractivity contribution in [2.24, 2.45) is 0 Å². The Morgan fingerprint density at radius 2 is 1.79 bits per heavy atom. The number of aryl methyl sites for hydroxylation is 1. The molecule has 2 aromatic carbocycles. The van der Waals surface area contributed by atoms with E-state index in [1.807, 2.05) is 43.3 Å². The first-order valence-electron chi connectivity index (χ1n) is 6.19. The standard InChI is InChI=1S/C16H18O3/c1-12-3-8-16(18-2)14(9-12)11-19-15-6-4-13(10-17)5-7-15/h3-9,17H,10-11H2,1-2H3. The Labute approximate surface area is 113 Å². The van der Waals surface area contributed by atoms with Crippen molar-refractivity contribution in [3.63, 3.8) is 0 Å². The molecule has 3 heteroatoms. The summed E-state index contributed by atoms with van der Waals surface area (Å²) in [4.78, 5) is 0. The summed E-state index contributed by atoms with van der Waals surface area (Å²) in [5.41, 5.74) is 3.07. The summed E-state index contributed by atoms with van der Waals surface area (Å²) in [5.74, 6) is 1.61. The Balaban J connectivity index is 2.07. The first kappa shape index (κ1) is 13.4. The summed E-state index contributed by atoms with van der Waals surface area (Å²) in [5, 5.41) is 8.98. The van der Waals surface area contributed by atoms with E-state index in [1.54, 1.807) is 7.11 Å². The van der Waals surface area contributed by atoms with Crippen molar-refractivity contribution in [2.75, 3.05) is 7.11 Å². The van der Waals surface area contributed by atoms with Gasteiger partial charge in [-0.25, -0.2) is 0 Å². The van der Waals surface area contributed by atoms with Crippen LogP contribution in [0.1, 0.15) is 16.7 Å². The van der Waals surface area contributed by atoms with E-state index in [0.717, 1.165) is 22.6 Å². The molecule has 0 radical (unpaired) electrons. The first-order valence-corrected chi connectivity index (χ1v) is 6.19. The fourth-order valence-electron chi connectivity index (χ4n) is 1.87. The molecule has 0 spiro atoms. The van der Waals surface area contributed by atoms with Crippen molar-refractivity contribution < 1.29 is 14.6 Å². The SMILES string of the molecule is COc1ccc(C)cc1COc1ccc(CO)cc1. The monoisotopic (exact) mass is 258 g/mol. The third-order valence-electron chi connectivity index (χ3n) is 2.94. The van der Waals surface area contributed by atoms with E-state index < -0.39 is 0 Å². The van der Waals surface area contributed by atoms with Crippen molar-refractivity contribution in [3.8, 4) is 11.5 Å². The van der Waals surface area contributed by atoms with Gasteiger partial charge < -0.3 is 14.6 Å². The van der Waals surface area contributed by atoms with Gasteiger partial charge in [-0.05, 0) is 36.8 Å². The second-order valence-electron chi connectivity index (χ2n) is 4.41. The molecule has 0 aliphatic rings. The minimum Gasteiger partial charge on any atom is -0.496 e. The van der Waals surface area contributed by atoms with E-state index in [9.17, 15) is 0 Å². The number of benzene rings is 2. The predicted octanol–water partition coefficient (Wildman–Crippen LogP) is 3.07. The van der Waals surface area contributed by atoms with Crippen LogP contribution in [-0.2, 0) is 13.2 Å². The van der Waals surface area contributed by atoms with Gasteiger partial charge in [-0.15, -0.1) is 0 Å². The number of methoxy groups -OCH3 is 1. The average Bonchev–Trinajstić information content (AvgIpc) is 2.46. The van der Waals surface area contributed by atoms with Crippen LogP contribution in [0.25, 0.3) is 0 Å². The Morgan fingerprint density at radius 3 is 2.42 bits per heavy atom. The van der Waals surface area contributed by atoms with Gasteiger partial charge in [0.15, 0.2) is 0 Å². The van der Waals surface area contributed by atoms with Gasteiger partial charge in [0.1, 0.15) is 18.1 Å². The highest BCUT2D eigenvalue weighted by molar-refractivity contribution is 5.37. The fourth-order valence-corrected chi connectivity index (χ4v) is 1.87. The van der Waals surface area contributed by atoms with E-state index in [1.165, 1.54) is 5.56 Å². The Hall–Kier alpha value is -2.00. The number of ether oxygens (including phenoxy) is 2. The lowest BCUT2D eigenvalue weighted by molar-refractivity contribution is 0.280.